The van der Waals surface area contributed by atoms with Crippen molar-refractivity contribution < 1.29 is 22.3 Å². The van der Waals surface area contributed by atoms with Gasteiger partial charge >= 0.3 is 12.1 Å². The normalized spacial score (nSPS) is 11.2. The van der Waals surface area contributed by atoms with Gasteiger partial charge in [0.2, 0.25) is 0 Å². The quantitative estimate of drug-likeness (QED) is 0.644. The first-order chi connectivity index (χ1) is 4.45. The minimum atomic E-state index is -4.33. The van der Waals surface area contributed by atoms with E-state index < -0.39 is 25.0 Å². The molecule has 6 heteroatoms. The van der Waals surface area contributed by atoms with E-state index in [0.717, 1.165) is 0 Å². The van der Waals surface area contributed by atoms with Crippen molar-refractivity contribution in [2.24, 2.45) is 0 Å². The van der Waals surface area contributed by atoms with Crippen LogP contribution in [-0.4, -0.2) is 12.1 Å². The zero-order valence-corrected chi connectivity index (χ0v) is 5.50. The molecule has 0 rings (SSSR count). The van der Waals surface area contributed by atoms with Crippen molar-refractivity contribution in [1.29, 1.82) is 0 Å². The van der Waals surface area contributed by atoms with Crippen molar-refractivity contribution in [1.82, 2.24) is 0 Å². The molecule has 0 aliphatic carbocycles. The lowest BCUT2D eigenvalue weighted by Crippen LogP contribution is -2.10. The molecule has 0 aromatic carbocycles. The fraction of sp³-hybridized carbons (Fsp3) is 0.750. The maximum atomic E-state index is 11.3. The van der Waals surface area contributed by atoms with Crippen molar-refractivity contribution in [3.05, 3.63) is 0 Å². The van der Waals surface area contributed by atoms with Gasteiger partial charge in [0.25, 0.3) is 0 Å². The summed E-state index contributed by atoms with van der Waals surface area (Å²) in [5, 5.41) is 0. The van der Waals surface area contributed by atoms with Gasteiger partial charge in [0.1, 0.15) is 11.9 Å². The van der Waals surface area contributed by atoms with Crippen molar-refractivity contribution in [3.63, 3.8) is 0 Å². The molecule has 0 N–H and O–H groups in total. The van der Waals surface area contributed by atoms with Gasteiger partial charge in [0, 0.05) is 0 Å². The molecule has 0 aromatic heterocycles. The van der Waals surface area contributed by atoms with Gasteiger partial charge in [0.05, 0.1) is 12.8 Å². The smallest absolute Gasteiger partial charge is 0.348 e. The Hall–Kier alpha value is -0.450. The van der Waals surface area contributed by atoms with Gasteiger partial charge in [-0.1, -0.05) is 0 Å². The Balaban J connectivity index is 3.46. The maximum Gasteiger partial charge on any atom is 0.389 e. The summed E-state index contributed by atoms with van der Waals surface area (Å²) in [4.78, 5) is 10.0. The van der Waals surface area contributed by atoms with E-state index >= 15 is 0 Å². The third-order valence-corrected chi connectivity index (χ3v) is 0.871. The summed E-state index contributed by atoms with van der Waals surface area (Å²) in [5.41, 5.74) is 0. The summed E-state index contributed by atoms with van der Waals surface area (Å²) in [6.07, 6.45) is -6.25. The van der Waals surface area contributed by atoms with Gasteiger partial charge in [-0.2, -0.15) is 13.2 Å². The Kier molecular flexibility index (Phi) is 3.49. The highest BCUT2D eigenvalue weighted by Gasteiger charge is 2.28. The minimum absolute atomic E-state index is 0.729. The monoisotopic (exact) mass is 176 g/mol. The Labute approximate surface area is 60.1 Å². The molecule has 0 heterocycles. The standard InChI is InChI=1S/C4H4ClF3O2/c5-10-3(9)1-2-4(6,7)8/h1-2H2. The lowest BCUT2D eigenvalue weighted by Gasteiger charge is -2.02. The lowest BCUT2D eigenvalue weighted by molar-refractivity contribution is -0.150. The molecule has 2 nitrogen and oxygen atoms in total. The van der Waals surface area contributed by atoms with Crippen molar-refractivity contribution >= 4 is 17.8 Å². The van der Waals surface area contributed by atoms with Gasteiger partial charge in [-0.3, -0.25) is 4.79 Å². The Morgan fingerprint density at radius 3 is 2.30 bits per heavy atom. The van der Waals surface area contributed by atoms with Crippen LogP contribution in [0.25, 0.3) is 0 Å². The molecule has 0 radical (unpaired) electrons. The first-order valence-corrected chi connectivity index (χ1v) is 2.65. The first kappa shape index (κ1) is 9.55. The molecule has 0 aliphatic heterocycles. The molecule has 0 spiro atoms. The van der Waals surface area contributed by atoms with Crippen LogP contribution in [-0.2, 0) is 9.08 Å². The van der Waals surface area contributed by atoms with Gasteiger partial charge in [0.15, 0.2) is 0 Å². The van der Waals surface area contributed by atoms with Gasteiger partial charge in [-0.25, -0.2) is 0 Å². The first-order valence-electron chi connectivity index (χ1n) is 2.34. The van der Waals surface area contributed by atoms with Crippen LogP contribution < -0.4 is 0 Å². The summed E-state index contributed by atoms with van der Waals surface area (Å²) in [6, 6.07) is 0. The molecule has 0 saturated heterocycles. The fourth-order valence-electron chi connectivity index (χ4n) is 0.282. The van der Waals surface area contributed by atoms with Gasteiger partial charge in [-0.05, 0) is 0 Å². The molecule has 0 saturated carbocycles. The highest BCUT2D eigenvalue weighted by Crippen LogP contribution is 2.21. The Bertz CT molecular complexity index is 122. The number of halogens is 4. The van der Waals surface area contributed by atoms with Crippen LogP contribution in [0.1, 0.15) is 12.8 Å². The molecule has 0 atom stereocenters. The Morgan fingerprint density at radius 1 is 1.50 bits per heavy atom. The summed E-state index contributed by atoms with van der Waals surface area (Å²) in [7, 11) is 0. The Morgan fingerprint density at radius 2 is 2.00 bits per heavy atom. The van der Waals surface area contributed by atoms with Crippen LogP contribution in [0.2, 0.25) is 0 Å². The van der Waals surface area contributed by atoms with E-state index in [-0.39, 0.29) is 0 Å². The SMILES string of the molecule is O=C(CCC(F)(F)F)OCl. The number of alkyl halides is 3. The lowest BCUT2D eigenvalue weighted by atomic mass is 10.3. The second-order valence-electron chi connectivity index (χ2n) is 1.56. The molecule has 60 valence electrons. The van der Waals surface area contributed by atoms with Crippen molar-refractivity contribution in [2.45, 2.75) is 19.0 Å². The molecular formula is C4H4ClF3O2. The van der Waals surface area contributed by atoms with Crippen LogP contribution in [0.4, 0.5) is 13.2 Å². The highest BCUT2D eigenvalue weighted by molar-refractivity contribution is 6.13. The molecule has 0 amide bonds. The van der Waals surface area contributed by atoms with E-state index in [1.807, 2.05) is 0 Å². The van der Waals surface area contributed by atoms with Crippen molar-refractivity contribution in [2.75, 3.05) is 0 Å². The van der Waals surface area contributed by atoms with E-state index in [2.05, 4.69) is 16.2 Å². The molecule has 0 aromatic rings. The largest absolute Gasteiger partial charge is 0.389 e. The molecule has 10 heavy (non-hydrogen) atoms. The molecule has 0 bridgehead atoms. The van der Waals surface area contributed by atoms with E-state index in [4.69, 9.17) is 0 Å². The van der Waals surface area contributed by atoms with Crippen LogP contribution in [0.15, 0.2) is 0 Å². The fourth-order valence-corrected chi connectivity index (χ4v) is 0.360. The van der Waals surface area contributed by atoms with Crippen molar-refractivity contribution in [3.8, 4) is 0 Å². The molecule has 0 aliphatic rings. The number of hydrogen-bond donors (Lipinski definition) is 0. The van der Waals surface area contributed by atoms with E-state index in [9.17, 15) is 18.0 Å². The molecule has 0 unspecified atom stereocenters. The predicted molar refractivity (Wildman–Crippen MR) is 27.2 cm³/mol. The summed E-state index contributed by atoms with van der Waals surface area (Å²) < 4.78 is 37.4. The van der Waals surface area contributed by atoms with Crippen LogP contribution >= 0.6 is 11.9 Å². The second-order valence-corrected chi connectivity index (χ2v) is 1.72. The van der Waals surface area contributed by atoms with E-state index in [0.29, 0.717) is 0 Å². The second kappa shape index (κ2) is 3.65. The van der Waals surface area contributed by atoms with Gasteiger partial charge < -0.3 is 4.29 Å². The minimum Gasteiger partial charge on any atom is -0.348 e. The number of carbonyl (C=O) groups excluding carboxylic acids is 1. The van der Waals surface area contributed by atoms with Crippen LogP contribution in [0.3, 0.4) is 0 Å². The summed E-state index contributed by atoms with van der Waals surface area (Å²) in [5.74, 6) is -1.07. The third kappa shape index (κ3) is 5.68. The average molecular weight is 177 g/mol. The van der Waals surface area contributed by atoms with Gasteiger partial charge in [-0.15, -0.1) is 0 Å². The predicted octanol–water partition coefficient (Wildman–Crippen LogP) is 2.03. The van der Waals surface area contributed by atoms with E-state index in [1.165, 1.54) is 0 Å². The number of hydrogen-bond acceptors (Lipinski definition) is 2. The summed E-state index contributed by atoms with van der Waals surface area (Å²) in [6.45, 7) is 0. The topological polar surface area (TPSA) is 26.3 Å². The van der Waals surface area contributed by atoms with E-state index in [1.54, 1.807) is 0 Å². The average Bonchev–Trinajstić information content (AvgIpc) is 1.81. The van der Waals surface area contributed by atoms with Crippen LogP contribution in [0, 0.1) is 0 Å². The number of rotatable bonds is 2. The third-order valence-electron chi connectivity index (χ3n) is 0.699. The van der Waals surface area contributed by atoms with Crippen LogP contribution in [0.5, 0.6) is 0 Å². The maximum absolute atomic E-state index is 11.3. The molecule has 0 fully saturated rings. The molecular weight excluding hydrogens is 172 g/mol. The zero-order valence-electron chi connectivity index (χ0n) is 4.74. The number of carbonyl (C=O) groups is 1. The highest BCUT2D eigenvalue weighted by atomic mass is 35.5. The summed E-state index contributed by atoms with van der Waals surface area (Å²) >= 11 is 4.46. The zero-order chi connectivity index (χ0) is 8.20.